The van der Waals surface area contributed by atoms with Gasteiger partial charge in [0.1, 0.15) is 0 Å². The molecular weight excluding hydrogens is 286 g/mol. The summed E-state index contributed by atoms with van der Waals surface area (Å²) in [6.45, 7) is 0.409. The number of hydrogen-bond acceptors (Lipinski definition) is 4. The molecular formula is C16H14ClN3O. The first kappa shape index (κ1) is 13.8. The molecule has 0 aliphatic heterocycles. The van der Waals surface area contributed by atoms with Crippen LogP contribution in [0.25, 0.3) is 11.4 Å². The number of nitrogens with two attached hydrogens (primary N) is 1. The van der Waals surface area contributed by atoms with Crippen LogP contribution in [-0.4, -0.2) is 16.7 Å². The molecule has 0 aliphatic carbocycles. The lowest BCUT2D eigenvalue weighted by molar-refractivity contribution is 0.367. The molecule has 1 aromatic heterocycles. The summed E-state index contributed by atoms with van der Waals surface area (Å²) in [7, 11) is 0. The Hall–Kier alpha value is -2.17. The number of rotatable bonds is 4. The topological polar surface area (TPSA) is 64.9 Å². The van der Waals surface area contributed by atoms with Crippen LogP contribution < -0.4 is 5.73 Å². The lowest BCUT2D eigenvalue weighted by Crippen LogP contribution is -2.14. The van der Waals surface area contributed by atoms with Crippen LogP contribution in [0, 0.1) is 0 Å². The zero-order chi connectivity index (χ0) is 14.7. The van der Waals surface area contributed by atoms with Gasteiger partial charge >= 0.3 is 0 Å². The van der Waals surface area contributed by atoms with Gasteiger partial charge in [0.2, 0.25) is 11.7 Å². The van der Waals surface area contributed by atoms with Gasteiger partial charge in [-0.3, -0.25) is 0 Å². The summed E-state index contributed by atoms with van der Waals surface area (Å²) in [5, 5.41) is 4.70. The van der Waals surface area contributed by atoms with Crippen LogP contribution in [0.15, 0.2) is 59.1 Å². The van der Waals surface area contributed by atoms with Crippen LogP contribution in [-0.2, 0) is 0 Å². The Morgan fingerprint density at radius 3 is 2.43 bits per heavy atom. The fourth-order valence-corrected chi connectivity index (χ4v) is 2.28. The van der Waals surface area contributed by atoms with Gasteiger partial charge in [-0.15, -0.1) is 0 Å². The summed E-state index contributed by atoms with van der Waals surface area (Å²) in [5.74, 6) is 0.962. The highest BCUT2D eigenvalue weighted by Gasteiger charge is 2.20. The molecule has 0 spiro atoms. The summed E-state index contributed by atoms with van der Waals surface area (Å²) in [4.78, 5) is 4.46. The number of nitrogens with zero attached hydrogens (tertiary/aromatic N) is 2. The Balaban J connectivity index is 1.92. The van der Waals surface area contributed by atoms with E-state index in [1.807, 2.05) is 42.5 Å². The van der Waals surface area contributed by atoms with Crippen molar-refractivity contribution in [2.45, 2.75) is 5.92 Å². The van der Waals surface area contributed by atoms with E-state index in [4.69, 9.17) is 21.9 Å². The molecule has 1 atom stereocenters. The normalized spacial score (nSPS) is 12.3. The second kappa shape index (κ2) is 6.08. The van der Waals surface area contributed by atoms with E-state index in [1.165, 1.54) is 0 Å². The molecule has 106 valence electrons. The maximum atomic E-state index is 5.88. The highest BCUT2D eigenvalue weighted by atomic mass is 35.5. The predicted molar refractivity (Wildman–Crippen MR) is 82.1 cm³/mol. The van der Waals surface area contributed by atoms with Gasteiger partial charge in [0.05, 0.1) is 5.92 Å². The summed E-state index contributed by atoms with van der Waals surface area (Å²) in [5.41, 5.74) is 7.78. The third-order valence-corrected chi connectivity index (χ3v) is 3.53. The SMILES string of the molecule is NCC(c1ccccc1)c1nc(-c2ccc(Cl)cc2)no1. The molecule has 3 aromatic rings. The smallest absolute Gasteiger partial charge is 0.235 e. The van der Waals surface area contributed by atoms with Crippen LogP contribution in [0.4, 0.5) is 0 Å². The molecule has 0 aliphatic rings. The van der Waals surface area contributed by atoms with Crippen LogP contribution >= 0.6 is 11.6 Å². The minimum Gasteiger partial charge on any atom is -0.338 e. The number of halogens is 1. The first-order valence-corrected chi connectivity index (χ1v) is 7.00. The Labute approximate surface area is 127 Å². The van der Waals surface area contributed by atoms with E-state index >= 15 is 0 Å². The van der Waals surface area contributed by atoms with Gasteiger partial charge in [-0.2, -0.15) is 4.98 Å². The van der Waals surface area contributed by atoms with Crippen molar-refractivity contribution in [3.8, 4) is 11.4 Å². The number of benzene rings is 2. The minimum atomic E-state index is -0.0975. The minimum absolute atomic E-state index is 0.0975. The lowest BCUT2D eigenvalue weighted by atomic mass is 9.99. The Kier molecular flexibility index (Phi) is 3.99. The fourth-order valence-electron chi connectivity index (χ4n) is 2.16. The van der Waals surface area contributed by atoms with Gasteiger partial charge in [-0.25, -0.2) is 0 Å². The van der Waals surface area contributed by atoms with Crippen LogP contribution in [0.3, 0.4) is 0 Å². The van der Waals surface area contributed by atoms with Gasteiger partial charge < -0.3 is 10.3 Å². The molecule has 1 heterocycles. The predicted octanol–water partition coefficient (Wildman–Crippen LogP) is 3.48. The standard InChI is InChI=1S/C16H14ClN3O/c17-13-8-6-12(7-9-13)15-19-16(21-20-15)14(10-18)11-4-2-1-3-5-11/h1-9,14H,10,18H2. The highest BCUT2D eigenvalue weighted by Crippen LogP contribution is 2.25. The molecule has 3 rings (SSSR count). The van der Waals surface area contributed by atoms with E-state index in [9.17, 15) is 0 Å². The van der Waals surface area contributed by atoms with Crippen molar-refractivity contribution < 1.29 is 4.52 Å². The average Bonchev–Trinajstić information content (AvgIpc) is 2.99. The van der Waals surface area contributed by atoms with E-state index < -0.39 is 0 Å². The summed E-state index contributed by atoms with van der Waals surface area (Å²) in [6.07, 6.45) is 0. The summed E-state index contributed by atoms with van der Waals surface area (Å²) < 4.78 is 5.38. The molecule has 0 saturated heterocycles. The van der Waals surface area contributed by atoms with E-state index in [0.29, 0.717) is 23.3 Å². The zero-order valence-electron chi connectivity index (χ0n) is 11.2. The summed E-state index contributed by atoms with van der Waals surface area (Å²) >= 11 is 5.88. The second-order valence-corrected chi connectivity index (χ2v) is 5.10. The van der Waals surface area contributed by atoms with Crippen LogP contribution in [0.2, 0.25) is 5.02 Å². The van der Waals surface area contributed by atoms with Gasteiger partial charge in [-0.05, 0) is 29.8 Å². The zero-order valence-corrected chi connectivity index (χ0v) is 12.0. The molecule has 2 N–H and O–H groups in total. The first-order valence-electron chi connectivity index (χ1n) is 6.62. The first-order chi connectivity index (χ1) is 10.3. The Bertz CT molecular complexity index is 710. The van der Waals surface area contributed by atoms with Crippen molar-refractivity contribution in [3.05, 3.63) is 71.1 Å². The van der Waals surface area contributed by atoms with Gasteiger partial charge in [0.25, 0.3) is 0 Å². The highest BCUT2D eigenvalue weighted by molar-refractivity contribution is 6.30. The second-order valence-electron chi connectivity index (χ2n) is 4.66. The lowest BCUT2D eigenvalue weighted by Gasteiger charge is -2.09. The average molecular weight is 300 g/mol. The molecule has 0 radical (unpaired) electrons. The Morgan fingerprint density at radius 1 is 1.05 bits per heavy atom. The molecule has 4 nitrogen and oxygen atoms in total. The number of hydrogen-bond donors (Lipinski definition) is 1. The van der Waals surface area contributed by atoms with E-state index in [1.54, 1.807) is 12.1 Å². The van der Waals surface area contributed by atoms with Crippen LogP contribution in [0.1, 0.15) is 17.4 Å². The molecule has 1 unspecified atom stereocenters. The van der Waals surface area contributed by atoms with Crippen molar-refractivity contribution in [1.82, 2.24) is 10.1 Å². The third kappa shape index (κ3) is 2.96. The van der Waals surface area contributed by atoms with Crippen molar-refractivity contribution in [2.24, 2.45) is 5.73 Å². The fraction of sp³-hybridized carbons (Fsp3) is 0.125. The van der Waals surface area contributed by atoms with E-state index in [-0.39, 0.29) is 5.92 Å². The van der Waals surface area contributed by atoms with Gasteiger partial charge in [-0.1, -0.05) is 47.1 Å². The maximum Gasteiger partial charge on any atom is 0.235 e. The largest absolute Gasteiger partial charge is 0.338 e. The van der Waals surface area contributed by atoms with Gasteiger partial charge in [0, 0.05) is 17.1 Å². The molecule has 21 heavy (non-hydrogen) atoms. The molecule has 0 amide bonds. The summed E-state index contributed by atoms with van der Waals surface area (Å²) in [6, 6.07) is 17.2. The third-order valence-electron chi connectivity index (χ3n) is 3.28. The molecule has 0 fully saturated rings. The maximum absolute atomic E-state index is 5.88. The van der Waals surface area contributed by atoms with E-state index in [2.05, 4.69) is 10.1 Å². The molecule has 5 heteroatoms. The van der Waals surface area contributed by atoms with Crippen molar-refractivity contribution in [3.63, 3.8) is 0 Å². The monoisotopic (exact) mass is 299 g/mol. The van der Waals surface area contributed by atoms with Crippen LogP contribution in [0.5, 0.6) is 0 Å². The van der Waals surface area contributed by atoms with Gasteiger partial charge in [0.15, 0.2) is 0 Å². The molecule has 0 bridgehead atoms. The quantitative estimate of drug-likeness (QED) is 0.801. The van der Waals surface area contributed by atoms with Crippen molar-refractivity contribution in [2.75, 3.05) is 6.54 Å². The number of aromatic nitrogens is 2. The molecule has 2 aromatic carbocycles. The van der Waals surface area contributed by atoms with Crippen molar-refractivity contribution in [1.29, 1.82) is 0 Å². The Morgan fingerprint density at radius 2 is 1.76 bits per heavy atom. The molecule has 0 saturated carbocycles. The van der Waals surface area contributed by atoms with Crippen molar-refractivity contribution >= 4 is 11.6 Å². The van der Waals surface area contributed by atoms with E-state index in [0.717, 1.165) is 11.1 Å².